The fourth-order valence-corrected chi connectivity index (χ4v) is 3.46. The Kier molecular flexibility index (Phi) is 4.46. The molecule has 3 rings (SSSR count). The van der Waals surface area contributed by atoms with Crippen LogP contribution in [0.3, 0.4) is 0 Å². The molecule has 0 aliphatic carbocycles. The van der Waals surface area contributed by atoms with Crippen molar-refractivity contribution in [1.82, 2.24) is 14.9 Å². The average Bonchev–Trinajstić information content (AvgIpc) is 3.03. The number of benzene rings is 2. The van der Waals surface area contributed by atoms with Crippen LogP contribution in [0.2, 0.25) is 0 Å². The highest BCUT2D eigenvalue weighted by molar-refractivity contribution is 7.89. The van der Waals surface area contributed by atoms with Crippen molar-refractivity contribution in [1.29, 1.82) is 0 Å². The van der Waals surface area contributed by atoms with Gasteiger partial charge in [0, 0.05) is 5.56 Å². The monoisotopic (exact) mass is 343 g/mol. The standard InChI is InChI=1S/C17H17N3O3S/c1-12-7-9-14(10-8-12)17-19-16(23-20-17)11-18-24(21,22)15-6-4-3-5-13(15)2/h3-10,18H,11H2,1-2H3. The van der Waals surface area contributed by atoms with Gasteiger partial charge in [-0.15, -0.1) is 0 Å². The molecule has 0 unspecified atom stereocenters. The molecule has 0 spiro atoms. The molecule has 0 bridgehead atoms. The molecule has 6 nitrogen and oxygen atoms in total. The van der Waals surface area contributed by atoms with Crippen LogP contribution in [0.25, 0.3) is 11.4 Å². The molecule has 24 heavy (non-hydrogen) atoms. The summed E-state index contributed by atoms with van der Waals surface area (Å²) in [6.07, 6.45) is 0. The summed E-state index contributed by atoms with van der Waals surface area (Å²) in [6.45, 7) is 3.68. The average molecular weight is 343 g/mol. The van der Waals surface area contributed by atoms with Gasteiger partial charge in [-0.2, -0.15) is 4.98 Å². The summed E-state index contributed by atoms with van der Waals surface area (Å²) < 4.78 is 32.3. The highest BCUT2D eigenvalue weighted by Gasteiger charge is 2.17. The van der Waals surface area contributed by atoms with Crippen molar-refractivity contribution < 1.29 is 12.9 Å². The lowest BCUT2D eigenvalue weighted by atomic mass is 10.1. The Labute approximate surface area is 140 Å². The lowest BCUT2D eigenvalue weighted by Gasteiger charge is -2.07. The first kappa shape index (κ1) is 16.4. The second-order valence-electron chi connectivity index (χ2n) is 5.47. The van der Waals surface area contributed by atoms with E-state index in [0.717, 1.165) is 11.1 Å². The lowest BCUT2D eigenvalue weighted by Crippen LogP contribution is -2.24. The van der Waals surface area contributed by atoms with Crippen LogP contribution in [-0.4, -0.2) is 18.6 Å². The van der Waals surface area contributed by atoms with E-state index in [0.29, 0.717) is 11.4 Å². The summed E-state index contributed by atoms with van der Waals surface area (Å²) in [4.78, 5) is 4.46. The number of rotatable bonds is 5. The van der Waals surface area contributed by atoms with E-state index in [1.54, 1.807) is 31.2 Å². The predicted octanol–water partition coefficient (Wildman–Crippen LogP) is 2.83. The molecule has 2 aromatic carbocycles. The molecule has 0 saturated heterocycles. The van der Waals surface area contributed by atoms with E-state index in [2.05, 4.69) is 14.9 Å². The minimum atomic E-state index is -3.63. The molecular weight excluding hydrogens is 326 g/mol. The maximum atomic E-state index is 12.3. The molecule has 0 aliphatic heterocycles. The largest absolute Gasteiger partial charge is 0.338 e. The van der Waals surface area contributed by atoms with Crippen LogP contribution in [0.5, 0.6) is 0 Å². The van der Waals surface area contributed by atoms with E-state index in [1.165, 1.54) is 0 Å². The minimum Gasteiger partial charge on any atom is -0.338 e. The number of nitrogens with one attached hydrogen (secondary N) is 1. The van der Waals surface area contributed by atoms with Crippen molar-refractivity contribution >= 4 is 10.0 Å². The van der Waals surface area contributed by atoms with Gasteiger partial charge in [-0.25, -0.2) is 13.1 Å². The van der Waals surface area contributed by atoms with E-state index < -0.39 is 10.0 Å². The lowest BCUT2D eigenvalue weighted by molar-refractivity contribution is 0.376. The third-order valence-corrected chi connectivity index (χ3v) is 5.14. The Bertz CT molecular complexity index is 947. The van der Waals surface area contributed by atoms with Crippen molar-refractivity contribution in [3.63, 3.8) is 0 Å². The van der Waals surface area contributed by atoms with Gasteiger partial charge in [0.25, 0.3) is 0 Å². The zero-order valence-electron chi connectivity index (χ0n) is 13.4. The first-order chi connectivity index (χ1) is 11.5. The Morgan fingerprint density at radius 3 is 2.46 bits per heavy atom. The second-order valence-corrected chi connectivity index (χ2v) is 7.20. The highest BCUT2D eigenvalue weighted by atomic mass is 32.2. The molecule has 3 aromatic rings. The van der Waals surface area contributed by atoms with Gasteiger partial charge in [0.05, 0.1) is 11.4 Å². The number of aryl methyl sites for hydroxylation is 2. The third-order valence-electron chi connectivity index (χ3n) is 3.57. The summed E-state index contributed by atoms with van der Waals surface area (Å²) in [6, 6.07) is 14.5. The van der Waals surface area contributed by atoms with E-state index in [9.17, 15) is 8.42 Å². The van der Waals surface area contributed by atoms with Crippen LogP contribution in [0.4, 0.5) is 0 Å². The van der Waals surface area contributed by atoms with Crippen molar-refractivity contribution in [2.75, 3.05) is 0 Å². The fourth-order valence-electron chi connectivity index (χ4n) is 2.24. The van der Waals surface area contributed by atoms with Crippen molar-refractivity contribution in [3.05, 3.63) is 65.5 Å². The predicted molar refractivity (Wildman–Crippen MR) is 89.7 cm³/mol. The SMILES string of the molecule is Cc1ccc(-c2noc(CNS(=O)(=O)c3ccccc3C)n2)cc1. The van der Waals surface area contributed by atoms with Gasteiger partial charge in [0.15, 0.2) is 0 Å². The summed E-state index contributed by atoms with van der Waals surface area (Å²) in [5.41, 5.74) is 2.63. The second kappa shape index (κ2) is 6.54. The van der Waals surface area contributed by atoms with Crippen LogP contribution in [0, 0.1) is 13.8 Å². The molecule has 0 atom stereocenters. The van der Waals surface area contributed by atoms with Gasteiger partial charge in [-0.05, 0) is 25.5 Å². The van der Waals surface area contributed by atoms with E-state index in [4.69, 9.17) is 4.52 Å². The maximum Gasteiger partial charge on any atom is 0.242 e. The third kappa shape index (κ3) is 3.52. The van der Waals surface area contributed by atoms with Crippen molar-refractivity contribution in [3.8, 4) is 11.4 Å². The molecular formula is C17H17N3O3S. The summed E-state index contributed by atoms with van der Waals surface area (Å²) in [7, 11) is -3.63. The first-order valence-electron chi connectivity index (χ1n) is 7.40. The first-order valence-corrected chi connectivity index (χ1v) is 8.89. The summed E-state index contributed by atoms with van der Waals surface area (Å²) >= 11 is 0. The molecule has 1 heterocycles. The van der Waals surface area contributed by atoms with Gasteiger partial charge in [0.2, 0.25) is 21.7 Å². The Hall–Kier alpha value is -2.51. The molecule has 1 aromatic heterocycles. The molecule has 124 valence electrons. The van der Waals surface area contributed by atoms with Crippen LogP contribution in [-0.2, 0) is 16.6 Å². The van der Waals surface area contributed by atoms with Gasteiger partial charge in [0.1, 0.15) is 0 Å². The number of hydrogen-bond donors (Lipinski definition) is 1. The van der Waals surface area contributed by atoms with Crippen molar-refractivity contribution in [2.24, 2.45) is 0 Å². The van der Waals surface area contributed by atoms with Gasteiger partial charge >= 0.3 is 0 Å². The Morgan fingerprint density at radius 1 is 1.04 bits per heavy atom. The molecule has 0 amide bonds. The number of nitrogens with zero attached hydrogens (tertiary/aromatic N) is 2. The van der Waals surface area contributed by atoms with E-state index in [1.807, 2.05) is 31.2 Å². The van der Waals surface area contributed by atoms with E-state index in [-0.39, 0.29) is 17.3 Å². The zero-order valence-corrected chi connectivity index (χ0v) is 14.2. The number of sulfonamides is 1. The molecule has 0 fully saturated rings. The zero-order chi connectivity index (χ0) is 17.2. The van der Waals surface area contributed by atoms with E-state index >= 15 is 0 Å². The summed E-state index contributed by atoms with van der Waals surface area (Å²) in [5.74, 6) is 0.642. The topological polar surface area (TPSA) is 85.1 Å². The fraction of sp³-hybridized carbons (Fsp3) is 0.176. The van der Waals surface area contributed by atoms with Crippen molar-refractivity contribution in [2.45, 2.75) is 25.3 Å². The Balaban J connectivity index is 1.74. The quantitative estimate of drug-likeness (QED) is 0.770. The normalized spacial score (nSPS) is 11.6. The number of aromatic nitrogens is 2. The van der Waals surface area contributed by atoms with Crippen LogP contribution >= 0.6 is 0 Å². The van der Waals surface area contributed by atoms with Crippen LogP contribution < -0.4 is 4.72 Å². The highest BCUT2D eigenvalue weighted by Crippen LogP contribution is 2.17. The smallest absolute Gasteiger partial charge is 0.242 e. The molecule has 0 saturated carbocycles. The van der Waals surface area contributed by atoms with Crippen LogP contribution in [0.1, 0.15) is 17.0 Å². The molecule has 0 radical (unpaired) electrons. The van der Waals surface area contributed by atoms with Crippen LogP contribution in [0.15, 0.2) is 57.9 Å². The summed E-state index contributed by atoms with van der Waals surface area (Å²) in [5, 5.41) is 3.89. The number of hydrogen-bond acceptors (Lipinski definition) is 5. The minimum absolute atomic E-state index is 0.0600. The molecule has 7 heteroatoms. The maximum absolute atomic E-state index is 12.3. The molecule has 1 N–H and O–H groups in total. The van der Waals surface area contributed by atoms with Gasteiger partial charge in [-0.3, -0.25) is 0 Å². The van der Waals surface area contributed by atoms with Gasteiger partial charge < -0.3 is 4.52 Å². The molecule has 0 aliphatic rings. The Morgan fingerprint density at radius 2 is 1.75 bits per heavy atom. The van der Waals surface area contributed by atoms with Gasteiger partial charge in [-0.1, -0.05) is 53.2 Å².